The van der Waals surface area contributed by atoms with E-state index in [4.69, 9.17) is 23.2 Å². The summed E-state index contributed by atoms with van der Waals surface area (Å²) in [4.78, 5) is 12.7. The van der Waals surface area contributed by atoms with Gasteiger partial charge in [0, 0.05) is 16.4 Å². The van der Waals surface area contributed by atoms with E-state index < -0.39 is 17.6 Å². The van der Waals surface area contributed by atoms with Crippen molar-refractivity contribution in [2.24, 2.45) is 0 Å². The van der Waals surface area contributed by atoms with Gasteiger partial charge in [-0.25, -0.2) is 0 Å². The fourth-order valence-electron chi connectivity index (χ4n) is 3.05. The van der Waals surface area contributed by atoms with Crippen molar-refractivity contribution in [1.29, 1.82) is 0 Å². The lowest BCUT2D eigenvalue weighted by atomic mass is 10.1. The summed E-state index contributed by atoms with van der Waals surface area (Å²) in [5, 5.41) is 3.35. The molecule has 2 aromatic carbocycles. The van der Waals surface area contributed by atoms with Gasteiger partial charge in [0.15, 0.2) is 0 Å². The first kappa shape index (κ1) is 20.3. The summed E-state index contributed by atoms with van der Waals surface area (Å²) < 4.78 is 41.6. The second kappa shape index (κ2) is 7.53. The molecule has 1 amide bonds. The summed E-state index contributed by atoms with van der Waals surface area (Å²) in [5.74, 6) is -0.479. The van der Waals surface area contributed by atoms with Crippen molar-refractivity contribution in [3.8, 4) is 5.69 Å². The van der Waals surface area contributed by atoms with Crippen LogP contribution in [0.4, 0.5) is 18.9 Å². The van der Waals surface area contributed by atoms with Gasteiger partial charge in [0.05, 0.1) is 27.5 Å². The van der Waals surface area contributed by atoms with Crippen molar-refractivity contribution >= 4 is 34.8 Å². The molecular formula is C20H15Cl2F3N2O. The van der Waals surface area contributed by atoms with Crippen LogP contribution in [0.25, 0.3) is 5.69 Å². The Hall–Kier alpha value is -2.44. The summed E-state index contributed by atoms with van der Waals surface area (Å²) >= 11 is 11.9. The number of aryl methyl sites for hydroxylation is 1. The van der Waals surface area contributed by atoms with Crippen LogP contribution in [-0.4, -0.2) is 10.5 Å². The normalized spacial score (nSPS) is 11.5. The third-order valence-electron chi connectivity index (χ3n) is 4.31. The smallest absolute Gasteiger partial charge is 0.321 e. The van der Waals surface area contributed by atoms with Crippen LogP contribution in [-0.2, 0) is 6.18 Å². The molecule has 1 N–H and O–H groups in total. The first-order chi connectivity index (χ1) is 13.1. The maximum atomic E-state index is 13.4. The lowest BCUT2D eigenvalue weighted by molar-refractivity contribution is -0.137. The average molecular weight is 427 g/mol. The molecule has 0 saturated carbocycles. The van der Waals surface area contributed by atoms with Gasteiger partial charge in [-0.05, 0) is 50.2 Å². The molecule has 0 aliphatic carbocycles. The van der Waals surface area contributed by atoms with E-state index in [9.17, 15) is 18.0 Å². The summed E-state index contributed by atoms with van der Waals surface area (Å²) in [6, 6.07) is 11.4. The fraction of sp³-hybridized carbons (Fsp3) is 0.150. The number of nitrogens with one attached hydrogen (secondary N) is 1. The Morgan fingerprint density at radius 2 is 1.71 bits per heavy atom. The molecule has 0 aliphatic rings. The van der Waals surface area contributed by atoms with E-state index in [1.54, 1.807) is 32.0 Å². The SMILES string of the molecule is Cc1cc(C(=O)Nc2ccc(Cl)cc2Cl)c(C)n1-c1ccccc1C(F)(F)F. The molecule has 0 bridgehead atoms. The van der Waals surface area contributed by atoms with Crippen molar-refractivity contribution in [2.75, 3.05) is 5.32 Å². The number of hydrogen-bond donors (Lipinski definition) is 1. The Bertz CT molecular complexity index is 1060. The highest BCUT2D eigenvalue weighted by Gasteiger charge is 2.34. The lowest BCUT2D eigenvalue weighted by Crippen LogP contribution is -2.15. The highest BCUT2D eigenvalue weighted by Crippen LogP contribution is 2.35. The standard InChI is InChI=1S/C20H15Cl2F3N2O/c1-11-9-14(19(28)26-17-8-7-13(21)10-16(17)22)12(2)27(11)18-6-4-3-5-15(18)20(23,24)25/h3-10H,1-2H3,(H,26,28). The monoisotopic (exact) mass is 426 g/mol. The topological polar surface area (TPSA) is 34.0 Å². The highest BCUT2D eigenvalue weighted by atomic mass is 35.5. The molecule has 0 spiro atoms. The van der Waals surface area contributed by atoms with Gasteiger partial charge in [0.25, 0.3) is 5.91 Å². The van der Waals surface area contributed by atoms with Gasteiger partial charge in [0.2, 0.25) is 0 Å². The number of anilines is 1. The van der Waals surface area contributed by atoms with Gasteiger partial charge in [-0.15, -0.1) is 0 Å². The Morgan fingerprint density at radius 1 is 1.04 bits per heavy atom. The molecule has 28 heavy (non-hydrogen) atoms. The second-order valence-corrected chi connectivity index (χ2v) is 7.06. The Kier molecular flexibility index (Phi) is 5.46. The van der Waals surface area contributed by atoms with E-state index in [0.717, 1.165) is 6.07 Å². The van der Waals surface area contributed by atoms with Crippen LogP contribution >= 0.6 is 23.2 Å². The molecule has 3 aromatic rings. The number of para-hydroxylation sites is 1. The quantitative estimate of drug-likeness (QED) is 0.498. The number of alkyl halides is 3. The van der Waals surface area contributed by atoms with Crippen molar-refractivity contribution in [1.82, 2.24) is 4.57 Å². The minimum absolute atomic E-state index is 0.0337. The number of carbonyl (C=O) groups is 1. The first-order valence-corrected chi connectivity index (χ1v) is 8.97. The third-order valence-corrected chi connectivity index (χ3v) is 4.85. The predicted octanol–water partition coefficient (Wildman–Crippen LogP) is 6.67. The summed E-state index contributed by atoms with van der Waals surface area (Å²) in [6.07, 6.45) is -4.51. The van der Waals surface area contributed by atoms with E-state index in [1.165, 1.54) is 28.8 Å². The van der Waals surface area contributed by atoms with Crippen LogP contribution < -0.4 is 5.32 Å². The van der Waals surface area contributed by atoms with Crippen LogP contribution in [0.2, 0.25) is 10.0 Å². The van der Waals surface area contributed by atoms with E-state index in [2.05, 4.69) is 5.32 Å². The molecule has 0 fully saturated rings. The minimum Gasteiger partial charge on any atom is -0.321 e. The number of nitrogens with zero attached hydrogens (tertiary/aromatic N) is 1. The van der Waals surface area contributed by atoms with E-state index in [1.807, 2.05) is 0 Å². The molecule has 0 saturated heterocycles. The summed E-state index contributed by atoms with van der Waals surface area (Å²) in [7, 11) is 0. The van der Waals surface area contributed by atoms with Crippen LogP contribution in [0, 0.1) is 13.8 Å². The Balaban J connectivity index is 2.03. The van der Waals surface area contributed by atoms with Crippen LogP contribution in [0.15, 0.2) is 48.5 Å². The lowest BCUT2D eigenvalue weighted by Gasteiger charge is -2.17. The molecule has 146 valence electrons. The number of halogens is 5. The van der Waals surface area contributed by atoms with Crippen molar-refractivity contribution in [3.05, 3.63) is 81.1 Å². The molecular weight excluding hydrogens is 412 g/mol. The second-order valence-electron chi connectivity index (χ2n) is 6.21. The fourth-order valence-corrected chi connectivity index (χ4v) is 3.51. The number of amides is 1. The van der Waals surface area contributed by atoms with Gasteiger partial charge in [-0.2, -0.15) is 13.2 Å². The first-order valence-electron chi connectivity index (χ1n) is 8.21. The Morgan fingerprint density at radius 3 is 2.36 bits per heavy atom. The number of benzene rings is 2. The molecule has 1 aromatic heterocycles. The number of hydrogen-bond acceptors (Lipinski definition) is 1. The summed E-state index contributed by atoms with van der Waals surface area (Å²) in [5.41, 5.74) is 0.688. The molecule has 0 aliphatic heterocycles. The number of carbonyl (C=O) groups excluding carboxylic acids is 1. The molecule has 0 atom stereocenters. The van der Waals surface area contributed by atoms with Crippen molar-refractivity contribution in [2.45, 2.75) is 20.0 Å². The maximum absolute atomic E-state index is 13.4. The maximum Gasteiger partial charge on any atom is 0.418 e. The van der Waals surface area contributed by atoms with Crippen molar-refractivity contribution < 1.29 is 18.0 Å². The molecule has 3 rings (SSSR count). The van der Waals surface area contributed by atoms with E-state index in [-0.39, 0.29) is 16.3 Å². The molecule has 0 radical (unpaired) electrons. The molecule has 3 nitrogen and oxygen atoms in total. The molecule has 0 unspecified atom stereocenters. The largest absolute Gasteiger partial charge is 0.418 e. The van der Waals surface area contributed by atoms with Crippen molar-refractivity contribution in [3.63, 3.8) is 0 Å². The average Bonchev–Trinajstić information content (AvgIpc) is 2.91. The van der Waals surface area contributed by atoms with Crippen LogP contribution in [0.3, 0.4) is 0 Å². The minimum atomic E-state index is -4.51. The van der Waals surface area contributed by atoms with Gasteiger partial charge >= 0.3 is 6.18 Å². The van der Waals surface area contributed by atoms with Crippen LogP contribution in [0.1, 0.15) is 27.3 Å². The number of aromatic nitrogens is 1. The Labute approximate surface area is 169 Å². The van der Waals surface area contributed by atoms with Gasteiger partial charge < -0.3 is 9.88 Å². The zero-order valence-corrected chi connectivity index (χ0v) is 16.4. The number of rotatable bonds is 3. The van der Waals surface area contributed by atoms with Gasteiger partial charge in [-0.3, -0.25) is 4.79 Å². The zero-order chi connectivity index (χ0) is 20.6. The van der Waals surface area contributed by atoms with Gasteiger partial charge in [0.1, 0.15) is 0 Å². The van der Waals surface area contributed by atoms with E-state index >= 15 is 0 Å². The van der Waals surface area contributed by atoms with E-state index in [0.29, 0.717) is 22.1 Å². The molecule has 1 heterocycles. The van der Waals surface area contributed by atoms with Gasteiger partial charge in [-0.1, -0.05) is 35.3 Å². The van der Waals surface area contributed by atoms with Crippen LogP contribution in [0.5, 0.6) is 0 Å². The zero-order valence-electron chi connectivity index (χ0n) is 14.9. The third kappa shape index (κ3) is 3.88. The highest BCUT2D eigenvalue weighted by molar-refractivity contribution is 6.36. The summed E-state index contributed by atoms with van der Waals surface area (Å²) in [6.45, 7) is 3.24. The molecule has 8 heteroatoms. The predicted molar refractivity (Wildman–Crippen MR) is 105 cm³/mol.